The van der Waals surface area contributed by atoms with Crippen LogP contribution >= 0.6 is 15.9 Å². The lowest BCUT2D eigenvalue weighted by molar-refractivity contribution is 0.453. The van der Waals surface area contributed by atoms with Crippen LogP contribution in [0.5, 0.6) is 0 Å². The van der Waals surface area contributed by atoms with Crippen molar-refractivity contribution in [2.24, 2.45) is 13.0 Å². The maximum absolute atomic E-state index is 4.46. The van der Waals surface area contributed by atoms with Crippen molar-refractivity contribution in [3.05, 3.63) is 12.5 Å². The molecular weight excluding hydrogens is 294 g/mol. The van der Waals surface area contributed by atoms with E-state index in [0.29, 0.717) is 5.92 Å². The minimum atomic E-state index is 0.709. The zero-order valence-corrected chi connectivity index (χ0v) is 12.0. The zero-order chi connectivity index (χ0) is 12.5. The summed E-state index contributed by atoms with van der Waals surface area (Å²) in [5.41, 5.74) is 0.904. The first-order valence-corrected chi connectivity index (χ1v) is 7.35. The van der Waals surface area contributed by atoms with Crippen LogP contribution < -0.4 is 4.90 Å². The summed E-state index contributed by atoms with van der Waals surface area (Å²) in [5, 5.41) is 6.38. The number of hydrogen-bond acceptors (Lipinski definition) is 4. The van der Waals surface area contributed by atoms with E-state index in [4.69, 9.17) is 0 Å². The molecule has 6 heteroatoms. The highest BCUT2D eigenvalue weighted by molar-refractivity contribution is 9.09. The molecule has 96 valence electrons. The number of aromatic nitrogens is 4. The molecule has 0 N–H and O–H groups in total. The largest absolute Gasteiger partial charge is 0.356 e. The predicted molar refractivity (Wildman–Crippen MR) is 75.0 cm³/mol. The van der Waals surface area contributed by atoms with Crippen molar-refractivity contribution in [1.29, 1.82) is 0 Å². The second kappa shape index (κ2) is 4.84. The lowest BCUT2D eigenvalue weighted by Gasteiger charge is -2.32. The molecule has 1 fully saturated rings. The van der Waals surface area contributed by atoms with Gasteiger partial charge in [-0.3, -0.25) is 4.68 Å². The molecule has 1 unspecified atom stereocenters. The minimum absolute atomic E-state index is 0.709. The van der Waals surface area contributed by atoms with Crippen molar-refractivity contribution in [2.45, 2.75) is 12.8 Å². The SMILES string of the molecule is Cn1ncc2c(N3CCCC(CBr)C3)ncnc21. The number of halogens is 1. The summed E-state index contributed by atoms with van der Waals surface area (Å²) in [4.78, 5) is 11.1. The highest BCUT2D eigenvalue weighted by Crippen LogP contribution is 2.27. The van der Waals surface area contributed by atoms with E-state index in [9.17, 15) is 0 Å². The molecule has 1 aliphatic rings. The summed E-state index contributed by atoms with van der Waals surface area (Å²) in [6.45, 7) is 2.14. The Balaban J connectivity index is 1.98. The fraction of sp³-hybridized carbons (Fsp3) is 0.583. The van der Waals surface area contributed by atoms with Gasteiger partial charge in [0.1, 0.15) is 12.1 Å². The molecule has 3 rings (SSSR count). The third kappa shape index (κ3) is 1.98. The summed E-state index contributed by atoms with van der Waals surface area (Å²) in [5.74, 6) is 1.74. The van der Waals surface area contributed by atoms with Crippen molar-refractivity contribution in [1.82, 2.24) is 19.7 Å². The molecule has 2 aromatic rings. The van der Waals surface area contributed by atoms with Crippen molar-refractivity contribution >= 4 is 32.8 Å². The van der Waals surface area contributed by atoms with Crippen molar-refractivity contribution < 1.29 is 0 Å². The van der Waals surface area contributed by atoms with E-state index in [1.54, 1.807) is 11.0 Å². The topological polar surface area (TPSA) is 46.8 Å². The van der Waals surface area contributed by atoms with Crippen LogP contribution in [-0.4, -0.2) is 38.2 Å². The van der Waals surface area contributed by atoms with Crippen LogP contribution in [-0.2, 0) is 7.05 Å². The number of piperidine rings is 1. The van der Waals surface area contributed by atoms with Crippen LogP contribution in [0.25, 0.3) is 11.0 Å². The molecule has 0 aliphatic carbocycles. The van der Waals surface area contributed by atoms with Gasteiger partial charge in [0.2, 0.25) is 0 Å². The molecule has 0 bridgehead atoms. The third-order valence-electron chi connectivity index (χ3n) is 3.55. The Morgan fingerprint density at radius 1 is 1.44 bits per heavy atom. The van der Waals surface area contributed by atoms with E-state index in [1.807, 2.05) is 13.2 Å². The van der Waals surface area contributed by atoms with Crippen molar-refractivity contribution in [2.75, 3.05) is 23.3 Å². The van der Waals surface area contributed by atoms with Gasteiger partial charge in [-0.05, 0) is 18.8 Å². The average molecular weight is 310 g/mol. The third-order valence-corrected chi connectivity index (χ3v) is 4.46. The summed E-state index contributed by atoms with van der Waals surface area (Å²) in [6, 6.07) is 0. The van der Waals surface area contributed by atoms with Crippen molar-refractivity contribution in [3.63, 3.8) is 0 Å². The van der Waals surface area contributed by atoms with Gasteiger partial charge >= 0.3 is 0 Å². The standard InChI is InChI=1S/C12H16BrN5/c1-17-11-10(6-16-17)12(15-8-14-11)18-4-2-3-9(5-13)7-18/h6,8-9H,2-5,7H2,1H3. The summed E-state index contributed by atoms with van der Waals surface area (Å²) in [6.07, 6.45) is 6.02. The molecule has 1 aliphatic heterocycles. The lowest BCUT2D eigenvalue weighted by Crippen LogP contribution is -2.36. The van der Waals surface area contributed by atoms with Crippen LogP contribution in [0.1, 0.15) is 12.8 Å². The highest BCUT2D eigenvalue weighted by atomic mass is 79.9. The van der Waals surface area contributed by atoms with Gasteiger partial charge in [0.15, 0.2) is 5.65 Å². The van der Waals surface area contributed by atoms with Gasteiger partial charge in [-0.15, -0.1) is 0 Å². The molecule has 5 nitrogen and oxygen atoms in total. The number of nitrogens with zero attached hydrogens (tertiary/aromatic N) is 5. The van der Waals surface area contributed by atoms with Gasteiger partial charge < -0.3 is 4.90 Å². The number of fused-ring (bicyclic) bond motifs is 1. The molecule has 1 saturated heterocycles. The second-order valence-electron chi connectivity index (χ2n) is 4.81. The smallest absolute Gasteiger partial charge is 0.163 e. The maximum atomic E-state index is 4.46. The Labute approximate surface area is 114 Å². The lowest BCUT2D eigenvalue weighted by atomic mass is 10.0. The molecule has 0 spiro atoms. The van der Waals surface area contributed by atoms with E-state index in [0.717, 1.165) is 35.3 Å². The minimum Gasteiger partial charge on any atom is -0.356 e. The monoisotopic (exact) mass is 309 g/mol. The molecule has 3 heterocycles. The fourth-order valence-electron chi connectivity index (χ4n) is 2.59. The van der Waals surface area contributed by atoms with Crippen LogP contribution in [0.3, 0.4) is 0 Å². The number of anilines is 1. The fourth-order valence-corrected chi connectivity index (χ4v) is 3.11. The van der Waals surface area contributed by atoms with E-state index in [-0.39, 0.29) is 0 Å². The van der Waals surface area contributed by atoms with Gasteiger partial charge in [0, 0.05) is 25.5 Å². The molecular formula is C12H16BrN5. The second-order valence-corrected chi connectivity index (χ2v) is 5.46. The van der Waals surface area contributed by atoms with E-state index in [2.05, 4.69) is 35.9 Å². The van der Waals surface area contributed by atoms with Gasteiger partial charge in [-0.1, -0.05) is 15.9 Å². The zero-order valence-electron chi connectivity index (χ0n) is 10.4. The van der Waals surface area contributed by atoms with E-state index in [1.165, 1.54) is 12.8 Å². The van der Waals surface area contributed by atoms with Crippen LogP contribution in [0.15, 0.2) is 12.5 Å². The first-order valence-electron chi connectivity index (χ1n) is 6.23. The van der Waals surface area contributed by atoms with E-state index < -0.39 is 0 Å². The Morgan fingerprint density at radius 3 is 3.17 bits per heavy atom. The Morgan fingerprint density at radius 2 is 2.33 bits per heavy atom. The normalized spacial score (nSPS) is 20.6. The Kier molecular flexibility index (Phi) is 3.20. The van der Waals surface area contributed by atoms with E-state index >= 15 is 0 Å². The molecule has 1 atom stereocenters. The van der Waals surface area contributed by atoms with Gasteiger partial charge in [0.05, 0.1) is 11.6 Å². The number of aryl methyl sites for hydroxylation is 1. The number of rotatable bonds is 2. The Hall–Kier alpha value is -1.17. The van der Waals surface area contributed by atoms with Crippen LogP contribution in [0.4, 0.5) is 5.82 Å². The van der Waals surface area contributed by atoms with Gasteiger partial charge in [0.25, 0.3) is 0 Å². The first kappa shape index (κ1) is 11.9. The molecule has 0 saturated carbocycles. The van der Waals surface area contributed by atoms with Gasteiger partial charge in [-0.25, -0.2) is 9.97 Å². The summed E-state index contributed by atoms with van der Waals surface area (Å²) in [7, 11) is 1.91. The summed E-state index contributed by atoms with van der Waals surface area (Å²) < 4.78 is 1.80. The van der Waals surface area contributed by atoms with Gasteiger partial charge in [-0.2, -0.15) is 5.10 Å². The first-order chi connectivity index (χ1) is 8.79. The predicted octanol–water partition coefficient (Wildman–Crippen LogP) is 1.97. The molecule has 0 amide bonds. The molecule has 18 heavy (non-hydrogen) atoms. The summed E-state index contributed by atoms with van der Waals surface area (Å²) >= 11 is 3.59. The number of alkyl halides is 1. The number of hydrogen-bond donors (Lipinski definition) is 0. The van der Waals surface area contributed by atoms with Crippen LogP contribution in [0.2, 0.25) is 0 Å². The average Bonchev–Trinajstić information content (AvgIpc) is 2.81. The highest BCUT2D eigenvalue weighted by Gasteiger charge is 2.22. The quantitative estimate of drug-likeness (QED) is 0.796. The Bertz CT molecular complexity index is 552. The van der Waals surface area contributed by atoms with Crippen LogP contribution in [0, 0.1) is 5.92 Å². The van der Waals surface area contributed by atoms with Crippen molar-refractivity contribution in [3.8, 4) is 0 Å². The molecule has 0 aromatic carbocycles. The molecule has 2 aromatic heterocycles. The molecule has 0 radical (unpaired) electrons. The maximum Gasteiger partial charge on any atom is 0.163 e.